The second kappa shape index (κ2) is 6.07. The van der Waals surface area contributed by atoms with Gasteiger partial charge in [-0.1, -0.05) is 5.16 Å². The Morgan fingerprint density at radius 1 is 1.37 bits per heavy atom. The van der Waals surface area contributed by atoms with Crippen LogP contribution < -0.4 is 5.32 Å². The summed E-state index contributed by atoms with van der Waals surface area (Å²) < 4.78 is 46.0. The topological polar surface area (TPSA) is 85.3 Å². The highest BCUT2D eigenvalue weighted by Gasteiger charge is 2.49. The molecule has 1 amide bonds. The SMILES string of the molecule is Cc1conc1-c1cc(C)n2ncc(C(=O)NC(C3CC3)C(F)(F)F)c2n1. The van der Waals surface area contributed by atoms with E-state index in [1.54, 1.807) is 19.9 Å². The molecule has 4 rings (SSSR count). The van der Waals surface area contributed by atoms with Gasteiger partial charge in [-0.25, -0.2) is 9.50 Å². The van der Waals surface area contributed by atoms with Gasteiger partial charge in [-0.05, 0) is 38.7 Å². The molecule has 1 atom stereocenters. The third-order valence-corrected chi connectivity index (χ3v) is 4.62. The zero-order chi connectivity index (χ0) is 19.3. The Labute approximate surface area is 151 Å². The number of hydrogen-bond donors (Lipinski definition) is 1. The Hall–Kier alpha value is -2.91. The van der Waals surface area contributed by atoms with Crippen molar-refractivity contribution in [2.24, 2.45) is 5.92 Å². The maximum absolute atomic E-state index is 13.2. The number of rotatable bonds is 4. The summed E-state index contributed by atoms with van der Waals surface area (Å²) in [6.45, 7) is 3.55. The molecule has 0 saturated heterocycles. The molecule has 142 valence electrons. The summed E-state index contributed by atoms with van der Waals surface area (Å²) in [6.07, 6.45) is -0.904. The van der Waals surface area contributed by atoms with E-state index in [2.05, 4.69) is 20.6 Å². The lowest BCUT2D eigenvalue weighted by molar-refractivity contribution is -0.158. The number of amides is 1. The summed E-state index contributed by atoms with van der Waals surface area (Å²) in [5.41, 5.74) is 2.51. The van der Waals surface area contributed by atoms with Crippen LogP contribution in [0.3, 0.4) is 0 Å². The van der Waals surface area contributed by atoms with E-state index in [1.807, 2.05) is 0 Å². The molecular weight excluding hydrogens is 363 g/mol. The van der Waals surface area contributed by atoms with Crippen molar-refractivity contribution in [3.63, 3.8) is 0 Å². The van der Waals surface area contributed by atoms with Crippen LogP contribution in [-0.4, -0.2) is 37.9 Å². The molecule has 3 aromatic heterocycles. The van der Waals surface area contributed by atoms with E-state index >= 15 is 0 Å². The van der Waals surface area contributed by atoms with Gasteiger partial charge in [0, 0.05) is 11.3 Å². The summed E-state index contributed by atoms with van der Waals surface area (Å²) in [5, 5.41) is 10.1. The first-order valence-corrected chi connectivity index (χ1v) is 8.40. The Morgan fingerprint density at radius 2 is 2.11 bits per heavy atom. The van der Waals surface area contributed by atoms with Gasteiger partial charge in [-0.2, -0.15) is 18.3 Å². The molecule has 27 heavy (non-hydrogen) atoms. The fourth-order valence-electron chi connectivity index (χ4n) is 3.04. The molecule has 0 aliphatic heterocycles. The van der Waals surface area contributed by atoms with Crippen molar-refractivity contribution in [2.45, 2.75) is 38.9 Å². The van der Waals surface area contributed by atoms with Crippen molar-refractivity contribution >= 4 is 11.6 Å². The van der Waals surface area contributed by atoms with E-state index in [4.69, 9.17) is 4.52 Å². The number of hydrogen-bond acceptors (Lipinski definition) is 5. The van der Waals surface area contributed by atoms with Crippen molar-refractivity contribution in [2.75, 3.05) is 0 Å². The van der Waals surface area contributed by atoms with Crippen LogP contribution in [0.25, 0.3) is 17.0 Å². The van der Waals surface area contributed by atoms with Crippen LogP contribution in [0.5, 0.6) is 0 Å². The lowest BCUT2D eigenvalue weighted by atomic mass is 10.1. The van der Waals surface area contributed by atoms with Gasteiger partial charge in [-0.3, -0.25) is 4.79 Å². The van der Waals surface area contributed by atoms with E-state index in [-0.39, 0.29) is 11.2 Å². The second-order valence-electron chi connectivity index (χ2n) is 6.75. The maximum Gasteiger partial charge on any atom is 0.408 e. The van der Waals surface area contributed by atoms with Crippen LogP contribution in [0, 0.1) is 19.8 Å². The summed E-state index contributed by atoms with van der Waals surface area (Å²) in [4.78, 5) is 16.9. The van der Waals surface area contributed by atoms with Crippen LogP contribution in [0.15, 0.2) is 23.0 Å². The summed E-state index contributed by atoms with van der Waals surface area (Å²) in [6, 6.07) is -0.142. The number of halogens is 3. The van der Waals surface area contributed by atoms with E-state index in [1.165, 1.54) is 17.0 Å². The smallest absolute Gasteiger partial charge is 0.364 e. The van der Waals surface area contributed by atoms with Crippen LogP contribution in [0.2, 0.25) is 0 Å². The first-order valence-electron chi connectivity index (χ1n) is 8.40. The fourth-order valence-corrected chi connectivity index (χ4v) is 3.04. The molecule has 0 radical (unpaired) electrons. The van der Waals surface area contributed by atoms with Crippen molar-refractivity contribution < 1.29 is 22.5 Å². The second-order valence-corrected chi connectivity index (χ2v) is 6.75. The van der Waals surface area contributed by atoms with Gasteiger partial charge in [0.1, 0.15) is 23.6 Å². The maximum atomic E-state index is 13.2. The minimum Gasteiger partial charge on any atom is -0.364 e. The van der Waals surface area contributed by atoms with Gasteiger partial charge < -0.3 is 9.84 Å². The number of nitrogens with zero attached hydrogens (tertiary/aromatic N) is 4. The average Bonchev–Trinajstić information content (AvgIpc) is 3.17. The molecule has 3 aromatic rings. The molecule has 1 aliphatic carbocycles. The highest BCUT2D eigenvalue weighted by molar-refractivity contribution is 6.00. The third-order valence-electron chi connectivity index (χ3n) is 4.62. The molecule has 1 unspecified atom stereocenters. The molecule has 0 spiro atoms. The zero-order valence-electron chi connectivity index (χ0n) is 14.5. The number of fused-ring (bicyclic) bond motifs is 1. The number of aryl methyl sites for hydroxylation is 2. The fraction of sp³-hybridized carbons (Fsp3) is 0.412. The number of nitrogens with one attached hydrogen (secondary N) is 1. The van der Waals surface area contributed by atoms with Crippen molar-refractivity contribution in [1.29, 1.82) is 0 Å². The monoisotopic (exact) mass is 379 g/mol. The molecule has 1 fully saturated rings. The van der Waals surface area contributed by atoms with Crippen LogP contribution in [0.4, 0.5) is 13.2 Å². The van der Waals surface area contributed by atoms with Crippen molar-refractivity contribution in [3.05, 3.63) is 35.3 Å². The molecule has 1 N–H and O–H groups in total. The van der Waals surface area contributed by atoms with Gasteiger partial charge in [0.2, 0.25) is 0 Å². The molecule has 7 nitrogen and oxygen atoms in total. The molecule has 1 saturated carbocycles. The Balaban J connectivity index is 1.72. The zero-order valence-corrected chi connectivity index (χ0v) is 14.5. The largest absolute Gasteiger partial charge is 0.408 e. The molecule has 3 heterocycles. The number of carbonyl (C=O) groups excluding carboxylic acids is 1. The van der Waals surface area contributed by atoms with Crippen molar-refractivity contribution in [3.8, 4) is 11.4 Å². The van der Waals surface area contributed by atoms with Crippen LogP contribution in [0.1, 0.15) is 34.5 Å². The van der Waals surface area contributed by atoms with E-state index < -0.39 is 24.0 Å². The predicted molar refractivity (Wildman–Crippen MR) is 88.0 cm³/mol. The van der Waals surface area contributed by atoms with Crippen molar-refractivity contribution in [1.82, 2.24) is 25.1 Å². The molecule has 1 aliphatic rings. The first-order chi connectivity index (χ1) is 12.8. The number of alkyl halides is 3. The first kappa shape index (κ1) is 17.5. The van der Waals surface area contributed by atoms with Crippen LogP contribution in [-0.2, 0) is 0 Å². The Bertz CT molecular complexity index is 1020. The quantitative estimate of drug-likeness (QED) is 0.753. The van der Waals surface area contributed by atoms with Crippen LogP contribution >= 0.6 is 0 Å². The van der Waals surface area contributed by atoms with E-state index in [9.17, 15) is 18.0 Å². The highest BCUT2D eigenvalue weighted by Crippen LogP contribution is 2.40. The Morgan fingerprint density at radius 3 is 2.70 bits per heavy atom. The van der Waals surface area contributed by atoms with Gasteiger partial charge >= 0.3 is 6.18 Å². The molecule has 0 aromatic carbocycles. The third kappa shape index (κ3) is 3.15. The average molecular weight is 379 g/mol. The minimum atomic E-state index is -4.49. The molecule has 10 heteroatoms. The van der Waals surface area contributed by atoms with Gasteiger partial charge in [0.15, 0.2) is 5.65 Å². The molecule has 0 bridgehead atoms. The predicted octanol–water partition coefficient (Wildman–Crippen LogP) is 3.07. The van der Waals surface area contributed by atoms with Gasteiger partial charge in [0.25, 0.3) is 5.91 Å². The number of carbonyl (C=O) groups is 1. The lowest BCUT2D eigenvalue weighted by Crippen LogP contribution is -2.46. The summed E-state index contributed by atoms with van der Waals surface area (Å²) in [7, 11) is 0. The molecular formula is C17H16F3N5O2. The lowest BCUT2D eigenvalue weighted by Gasteiger charge is -2.20. The van der Waals surface area contributed by atoms with Gasteiger partial charge in [0.05, 0.1) is 11.9 Å². The Kier molecular flexibility index (Phi) is 3.93. The minimum absolute atomic E-state index is 0.0176. The standard InChI is InChI=1S/C17H16F3N5O2/c1-8-7-27-24-13(8)12-5-9(2)25-15(22-12)11(6-21-25)16(26)23-14(10-3-4-10)17(18,19)20/h5-7,10,14H,3-4H2,1-2H3,(H,23,26). The normalized spacial score (nSPS) is 15.9. The summed E-state index contributed by atoms with van der Waals surface area (Å²) in [5.74, 6) is -1.42. The highest BCUT2D eigenvalue weighted by atomic mass is 19.4. The summed E-state index contributed by atoms with van der Waals surface area (Å²) >= 11 is 0. The van der Waals surface area contributed by atoms with E-state index in [0.717, 1.165) is 5.56 Å². The number of aromatic nitrogens is 4. The van der Waals surface area contributed by atoms with E-state index in [0.29, 0.717) is 29.9 Å². The van der Waals surface area contributed by atoms with Gasteiger partial charge in [-0.15, -0.1) is 0 Å².